The average molecular weight is 399 g/mol. The standard InChI is InChI=1S/C20H28F3N3O2/c1-14(2)25-9-11-26(12-10-25)19(27)15-3-5-16(6-4-15)28-17-7-8-18(24-13-17)20(21,22)23/h7-8,13-16H,3-6,9-12H2,1-2H3/t15-,16-. The Balaban J connectivity index is 1.45. The smallest absolute Gasteiger partial charge is 0.433 e. The SMILES string of the molecule is CC(C)N1CCN(C(=O)[C@H]2CC[C@H](Oc3ccc(C(F)(F)F)nc3)CC2)CC1. The van der Waals surface area contributed by atoms with Crippen LogP contribution >= 0.6 is 0 Å². The predicted molar refractivity (Wildman–Crippen MR) is 98.9 cm³/mol. The monoisotopic (exact) mass is 399 g/mol. The molecule has 156 valence electrons. The Morgan fingerprint density at radius 1 is 1.11 bits per heavy atom. The summed E-state index contributed by atoms with van der Waals surface area (Å²) in [5.41, 5.74) is -0.924. The molecule has 5 nitrogen and oxygen atoms in total. The number of amides is 1. The van der Waals surface area contributed by atoms with Gasteiger partial charge in [-0.2, -0.15) is 13.2 Å². The summed E-state index contributed by atoms with van der Waals surface area (Å²) < 4.78 is 43.5. The quantitative estimate of drug-likeness (QED) is 0.776. The summed E-state index contributed by atoms with van der Waals surface area (Å²) in [5.74, 6) is 0.599. The molecule has 28 heavy (non-hydrogen) atoms. The Hall–Kier alpha value is -1.83. The van der Waals surface area contributed by atoms with Crippen LogP contribution in [0, 0.1) is 5.92 Å². The third kappa shape index (κ3) is 5.16. The summed E-state index contributed by atoms with van der Waals surface area (Å²) in [6, 6.07) is 2.74. The van der Waals surface area contributed by atoms with E-state index in [1.807, 2.05) is 4.90 Å². The van der Waals surface area contributed by atoms with Crippen molar-refractivity contribution >= 4 is 5.91 Å². The maximum absolute atomic E-state index is 12.8. The fourth-order valence-corrected chi connectivity index (χ4v) is 3.95. The molecule has 0 unspecified atom stereocenters. The Bertz CT molecular complexity index is 648. The van der Waals surface area contributed by atoms with E-state index in [4.69, 9.17) is 4.74 Å². The van der Waals surface area contributed by atoms with Gasteiger partial charge in [-0.1, -0.05) is 0 Å². The minimum Gasteiger partial charge on any atom is -0.489 e. The van der Waals surface area contributed by atoms with Crippen LogP contribution < -0.4 is 4.74 Å². The minimum absolute atomic E-state index is 0.0242. The first-order chi connectivity index (χ1) is 13.2. The van der Waals surface area contributed by atoms with E-state index < -0.39 is 11.9 Å². The number of ether oxygens (including phenoxy) is 1. The summed E-state index contributed by atoms with van der Waals surface area (Å²) in [6.07, 6.45) is -0.455. The second kappa shape index (κ2) is 8.68. The van der Waals surface area contributed by atoms with Crippen molar-refractivity contribution in [3.8, 4) is 5.75 Å². The molecule has 0 atom stereocenters. The molecule has 2 aliphatic rings. The molecule has 1 amide bonds. The number of aromatic nitrogens is 1. The number of nitrogens with zero attached hydrogens (tertiary/aromatic N) is 3. The van der Waals surface area contributed by atoms with Gasteiger partial charge in [-0.3, -0.25) is 9.69 Å². The zero-order valence-electron chi connectivity index (χ0n) is 16.4. The van der Waals surface area contributed by atoms with Gasteiger partial charge in [-0.15, -0.1) is 0 Å². The van der Waals surface area contributed by atoms with Crippen molar-refractivity contribution in [2.45, 2.75) is 57.9 Å². The molecule has 2 fully saturated rings. The highest BCUT2D eigenvalue weighted by Gasteiger charge is 2.33. The number of pyridine rings is 1. The maximum atomic E-state index is 12.8. The third-order valence-electron chi connectivity index (χ3n) is 5.71. The van der Waals surface area contributed by atoms with Crippen LogP contribution in [-0.4, -0.2) is 59.0 Å². The zero-order chi connectivity index (χ0) is 20.3. The van der Waals surface area contributed by atoms with E-state index in [1.165, 1.54) is 6.07 Å². The number of carbonyl (C=O) groups is 1. The molecular weight excluding hydrogens is 371 g/mol. The van der Waals surface area contributed by atoms with E-state index in [-0.39, 0.29) is 17.9 Å². The molecule has 8 heteroatoms. The van der Waals surface area contributed by atoms with Gasteiger partial charge in [0.2, 0.25) is 5.91 Å². The fraction of sp³-hybridized carbons (Fsp3) is 0.700. The van der Waals surface area contributed by atoms with Gasteiger partial charge in [0.05, 0.1) is 12.3 Å². The van der Waals surface area contributed by atoms with E-state index in [2.05, 4.69) is 23.7 Å². The van der Waals surface area contributed by atoms with Crippen LogP contribution in [0.5, 0.6) is 5.75 Å². The molecule has 0 aromatic carbocycles. The van der Waals surface area contributed by atoms with Crippen LogP contribution in [0.4, 0.5) is 13.2 Å². The van der Waals surface area contributed by atoms with Gasteiger partial charge < -0.3 is 9.64 Å². The molecule has 0 radical (unpaired) electrons. The summed E-state index contributed by atoms with van der Waals surface area (Å²) >= 11 is 0. The van der Waals surface area contributed by atoms with Gasteiger partial charge in [0.25, 0.3) is 0 Å². The number of halogens is 3. The molecule has 1 aromatic rings. The van der Waals surface area contributed by atoms with Gasteiger partial charge >= 0.3 is 6.18 Å². The van der Waals surface area contributed by atoms with E-state index in [9.17, 15) is 18.0 Å². The Labute approximate surface area is 163 Å². The highest BCUT2D eigenvalue weighted by Crippen LogP contribution is 2.31. The van der Waals surface area contributed by atoms with Gasteiger partial charge in [-0.05, 0) is 51.7 Å². The Morgan fingerprint density at radius 3 is 2.25 bits per heavy atom. The second-order valence-electron chi connectivity index (χ2n) is 7.92. The van der Waals surface area contributed by atoms with Crippen LogP contribution in [0.15, 0.2) is 18.3 Å². The predicted octanol–water partition coefficient (Wildman–Crippen LogP) is 3.59. The van der Waals surface area contributed by atoms with Crippen LogP contribution in [0.1, 0.15) is 45.2 Å². The molecule has 1 saturated heterocycles. The van der Waals surface area contributed by atoms with Crippen molar-refractivity contribution in [3.63, 3.8) is 0 Å². The van der Waals surface area contributed by atoms with Crippen LogP contribution in [-0.2, 0) is 11.0 Å². The maximum Gasteiger partial charge on any atom is 0.433 e. The van der Waals surface area contributed by atoms with Crippen molar-refractivity contribution in [2.24, 2.45) is 5.92 Å². The molecule has 1 saturated carbocycles. The lowest BCUT2D eigenvalue weighted by molar-refractivity contribution is -0.141. The van der Waals surface area contributed by atoms with Crippen LogP contribution in [0.2, 0.25) is 0 Å². The molecule has 1 aliphatic carbocycles. The number of piperazine rings is 1. The largest absolute Gasteiger partial charge is 0.489 e. The molecule has 0 bridgehead atoms. The van der Waals surface area contributed by atoms with Crippen molar-refractivity contribution < 1.29 is 22.7 Å². The minimum atomic E-state index is -4.45. The van der Waals surface area contributed by atoms with Crippen molar-refractivity contribution in [1.82, 2.24) is 14.8 Å². The molecule has 2 heterocycles. The fourth-order valence-electron chi connectivity index (χ4n) is 3.95. The zero-order valence-corrected chi connectivity index (χ0v) is 16.4. The molecule has 0 spiro atoms. The number of hydrogen-bond acceptors (Lipinski definition) is 4. The van der Waals surface area contributed by atoms with Crippen molar-refractivity contribution in [2.75, 3.05) is 26.2 Å². The summed E-state index contributed by atoms with van der Waals surface area (Å²) in [5, 5.41) is 0. The first-order valence-corrected chi connectivity index (χ1v) is 9.97. The molecule has 1 aromatic heterocycles. The molecule has 1 aliphatic heterocycles. The first-order valence-electron chi connectivity index (χ1n) is 9.97. The first kappa shape index (κ1) is 20.9. The van der Waals surface area contributed by atoms with Crippen molar-refractivity contribution in [1.29, 1.82) is 0 Å². The lowest BCUT2D eigenvalue weighted by Crippen LogP contribution is -2.52. The van der Waals surface area contributed by atoms with Gasteiger partial charge in [0.1, 0.15) is 11.4 Å². The third-order valence-corrected chi connectivity index (χ3v) is 5.71. The highest BCUT2D eigenvalue weighted by atomic mass is 19.4. The lowest BCUT2D eigenvalue weighted by Gasteiger charge is -2.39. The number of carbonyl (C=O) groups excluding carboxylic acids is 1. The van der Waals surface area contributed by atoms with E-state index >= 15 is 0 Å². The number of rotatable bonds is 4. The van der Waals surface area contributed by atoms with E-state index in [1.54, 1.807) is 0 Å². The molecule has 0 N–H and O–H groups in total. The van der Waals surface area contributed by atoms with Crippen LogP contribution in [0.3, 0.4) is 0 Å². The van der Waals surface area contributed by atoms with E-state index in [0.29, 0.717) is 11.8 Å². The van der Waals surface area contributed by atoms with Gasteiger partial charge in [-0.25, -0.2) is 4.98 Å². The number of alkyl halides is 3. The number of hydrogen-bond donors (Lipinski definition) is 0. The Morgan fingerprint density at radius 2 is 1.75 bits per heavy atom. The summed E-state index contributed by atoms with van der Waals surface area (Å²) in [4.78, 5) is 20.6. The van der Waals surface area contributed by atoms with Gasteiger partial charge in [0.15, 0.2) is 0 Å². The van der Waals surface area contributed by atoms with Crippen LogP contribution in [0.25, 0.3) is 0 Å². The second-order valence-corrected chi connectivity index (χ2v) is 7.92. The summed E-state index contributed by atoms with van der Waals surface area (Å²) in [6.45, 7) is 7.75. The Kier molecular flexibility index (Phi) is 6.47. The normalized spacial score (nSPS) is 24.4. The molecule has 3 rings (SSSR count). The van der Waals surface area contributed by atoms with E-state index in [0.717, 1.165) is 64.1 Å². The summed E-state index contributed by atoms with van der Waals surface area (Å²) in [7, 11) is 0. The molecular formula is C20H28F3N3O2. The topological polar surface area (TPSA) is 45.7 Å². The van der Waals surface area contributed by atoms with Crippen molar-refractivity contribution in [3.05, 3.63) is 24.0 Å². The van der Waals surface area contributed by atoms with Gasteiger partial charge in [0, 0.05) is 38.1 Å². The average Bonchev–Trinajstić information content (AvgIpc) is 2.68. The lowest BCUT2D eigenvalue weighted by atomic mass is 9.86. The highest BCUT2D eigenvalue weighted by molar-refractivity contribution is 5.79.